The lowest BCUT2D eigenvalue weighted by molar-refractivity contribution is -0.0143. The molecule has 0 unspecified atom stereocenters. The summed E-state index contributed by atoms with van der Waals surface area (Å²) in [5.41, 5.74) is 1.00. The van der Waals surface area contributed by atoms with Crippen LogP contribution in [0.4, 0.5) is 8.78 Å². The van der Waals surface area contributed by atoms with E-state index in [1.54, 1.807) is 6.07 Å². The zero-order valence-corrected chi connectivity index (χ0v) is 12.9. The molecule has 0 atom stereocenters. The van der Waals surface area contributed by atoms with Gasteiger partial charge in [0.25, 0.3) is 0 Å². The van der Waals surface area contributed by atoms with Gasteiger partial charge in [-0.1, -0.05) is 32.3 Å². The van der Waals surface area contributed by atoms with E-state index in [0.29, 0.717) is 11.0 Å². The van der Waals surface area contributed by atoms with Crippen molar-refractivity contribution in [2.45, 2.75) is 57.3 Å². The van der Waals surface area contributed by atoms with Crippen LogP contribution in [0.1, 0.15) is 57.4 Å². The Bertz CT molecular complexity index is 498. The number of hydrogen-bond donors (Lipinski definition) is 1. The van der Waals surface area contributed by atoms with Gasteiger partial charge in [-0.15, -0.1) is 0 Å². The molecule has 116 valence electrons. The second kappa shape index (κ2) is 5.68. The Morgan fingerprint density at radius 2 is 1.81 bits per heavy atom. The van der Waals surface area contributed by atoms with Crippen LogP contribution in [0.25, 0.3) is 0 Å². The summed E-state index contributed by atoms with van der Waals surface area (Å²) in [7, 11) is 0. The van der Waals surface area contributed by atoms with Crippen molar-refractivity contribution < 1.29 is 8.78 Å². The third-order valence-electron chi connectivity index (χ3n) is 5.56. The molecule has 0 radical (unpaired) electrons. The van der Waals surface area contributed by atoms with Crippen molar-refractivity contribution in [2.24, 2.45) is 5.41 Å². The van der Waals surface area contributed by atoms with Crippen molar-refractivity contribution >= 4 is 0 Å². The molecular weight excluding hydrogens is 268 g/mol. The van der Waals surface area contributed by atoms with Gasteiger partial charge in [0, 0.05) is 18.0 Å². The highest BCUT2D eigenvalue weighted by Crippen LogP contribution is 2.61. The van der Waals surface area contributed by atoms with Gasteiger partial charge in [0.2, 0.25) is 0 Å². The van der Waals surface area contributed by atoms with E-state index in [0.717, 1.165) is 32.0 Å². The number of likely N-dealkylation sites (N-methyl/N-ethyl adjacent to an activating group) is 1. The fourth-order valence-electron chi connectivity index (χ4n) is 4.73. The molecule has 1 spiro atoms. The smallest absolute Gasteiger partial charge is 0.129 e. The van der Waals surface area contributed by atoms with Gasteiger partial charge in [-0.2, -0.15) is 0 Å². The Kier molecular flexibility index (Phi) is 4.04. The van der Waals surface area contributed by atoms with Crippen LogP contribution < -0.4 is 5.32 Å². The molecule has 2 saturated carbocycles. The van der Waals surface area contributed by atoms with Crippen LogP contribution in [0, 0.1) is 17.0 Å². The van der Waals surface area contributed by atoms with E-state index in [4.69, 9.17) is 0 Å². The van der Waals surface area contributed by atoms with E-state index in [-0.39, 0.29) is 11.2 Å². The van der Waals surface area contributed by atoms with Crippen molar-refractivity contribution in [3.8, 4) is 0 Å². The number of halogens is 2. The number of rotatable bonds is 4. The van der Waals surface area contributed by atoms with Crippen LogP contribution in [0.15, 0.2) is 18.2 Å². The van der Waals surface area contributed by atoms with E-state index in [2.05, 4.69) is 12.2 Å². The van der Waals surface area contributed by atoms with Crippen LogP contribution >= 0.6 is 0 Å². The largest absolute Gasteiger partial charge is 0.316 e. The van der Waals surface area contributed by atoms with Crippen molar-refractivity contribution in [3.63, 3.8) is 0 Å². The lowest BCUT2D eigenvalue weighted by Crippen LogP contribution is -2.55. The molecule has 1 N–H and O–H groups in total. The molecule has 21 heavy (non-hydrogen) atoms. The fourth-order valence-corrected chi connectivity index (χ4v) is 4.73. The van der Waals surface area contributed by atoms with Gasteiger partial charge < -0.3 is 5.32 Å². The Morgan fingerprint density at radius 3 is 2.43 bits per heavy atom. The maximum Gasteiger partial charge on any atom is 0.129 e. The standard InChI is InChI=1S/C18H25F2N/c1-2-21-13-18(15-7-6-14(19)10-16(15)20)11-17(12-18)8-4-3-5-9-17/h6-7,10,21H,2-5,8-9,11-13H2,1H3. The van der Waals surface area contributed by atoms with Crippen molar-refractivity contribution in [1.82, 2.24) is 5.32 Å². The van der Waals surface area contributed by atoms with Crippen LogP contribution in [0.3, 0.4) is 0 Å². The average Bonchev–Trinajstić information content (AvgIpc) is 2.44. The summed E-state index contributed by atoms with van der Waals surface area (Å²) in [4.78, 5) is 0. The highest BCUT2D eigenvalue weighted by atomic mass is 19.1. The van der Waals surface area contributed by atoms with Crippen molar-refractivity contribution in [3.05, 3.63) is 35.4 Å². The summed E-state index contributed by atoms with van der Waals surface area (Å²) in [6.07, 6.45) is 8.62. The minimum atomic E-state index is -0.485. The lowest BCUT2D eigenvalue weighted by Gasteiger charge is -2.59. The van der Waals surface area contributed by atoms with E-state index in [9.17, 15) is 8.78 Å². The van der Waals surface area contributed by atoms with E-state index < -0.39 is 5.82 Å². The molecule has 3 heteroatoms. The molecular formula is C18H25F2N. The molecule has 0 bridgehead atoms. The first kappa shape index (κ1) is 15.0. The fraction of sp³-hybridized carbons (Fsp3) is 0.667. The van der Waals surface area contributed by atoms with E-state index in [1.165, 1.54) is 38.2 Å². The van der Waals surface area contributed by atoms with E-state index in [1.807, 2.05) is 0 Å². The van der Waals surface area contributed by atoms with Crippen LogP contribution in [-0.4, -0.2) is 13.1 Å². The summed E-state index contributed by atoms with van der Waals surface area (Å²) >= 11 is 0. The highest BCUT2D eigenvalue weighted by molar-refractivity contribution is 5.33. The minimum Gasteiger partial charge on any atom is -0.316 e. The van der Waals surface area contributed by atoms with Gasteiger partial charge in [0.05, 0.1) is 0 Å². The van der Waals surface area contributed by atoms with Gasteiger partial charge in [0.15, 0.2) is 0 Å². The van der Waals surface area contributed by atoms with Gasteiger partial charge in [-0.25, -0.2) is 8.78 Å². The third kappa shape index (κ3) is 2.73. The quantitative estimate of drug-likeness (QED) is 0.858. The zero-order valence-electron chi connectivity index (χ0n) is 12.9. The molecule has 2 aliphatic rings. The number of nitrogens with one attached hydrogen (secondary N) is 1. The molecule has 0 aromatic heterocycles. The summed E-state index contributed by atoms with van der Waals surface area (Å²) in [6.45, 7) is 3.76. The van der Waals surface area contributed by atoms with Crippen LogP contribution in [-0.2, 0) is 5.41 Å². The Labute approximate surface area is 126 Å². The molecule has 3 rings (SSSR count). The predicted octanol–water partition coefficient (Wildman–Crippen LogP) is 4.56. The zero-order chi connectivity index (χ0) is 14.9. The van der Waals surface area contributed by atoms with Gasteiger partial charge in [-0.05, 0) is 49.3 Å². The number of hydrogen-bond acceptors (Lipinski definition) is 1. The Balaban J connectivity index is 1.85. The molecule has 0 aliphatic heterocycles. The maximum atomic E-state index is 14.3. The first-order chi connectivity index (χ1) is 10.1. The number of benzene rings is 1. The summed E-state index contributed by atoms with van der Waals surface area (Å²) in [5, 5.41) is 3.39. The second-order valence-electron chi connectivity index (χ2n) is 7.10. The van der Waals surface area contributed by atoms with E-state index >= 15 is 0 Å². The maximum absolute atomic E-state index is 14.3. The molecule has 1 aromatic carbocycles. The molecule has 1 nitrogen and oxygen atoms in total. The molecule has 2 fully saturated rings. The first-order valence-electron chi connectivity index (χ1n) is 8.26. The summed E-state index contributed by atoms with van der Waals surface area (Å²) in [6, 6.07) is 4.10. The predicted molar refractivity (Wildman–Crippen MR) is 81.3 cm³/mol. The molecule has 2 aliphatic carbocycles. The highest BCUT2D eigenvalue weighted by Gasteiger charge is 2.55. The average molecular weight is 293 g/mol. The van der Waals surface area contributed by atoms with Crippen molar-refractivity contribution in [1.29, 1.82) is 0 Å². The Morgan fingerprint density at radius 1 is 1.10 bits per heavy atom. The molecule has 1 aromatic rings. The van der Waals surface area contributed by atoms with Crippen LogP contribution in [0.2, 0.25) is 0 Å². The van der Waals surface area contributed by atoms with Crippen LogP contribution in [0.5, 0.6) is 0 Å². The SMILES string of the molecule is CCNCC1(c2ccc(F)cc2F)CC2(CCCCC2)C1. The monoisotopic (exact) mass is 293 g/mol. The minimum absolute atomic E-state index is 0.134. The Hall–Kier alpha value is -0.960. The van der Waals surface area contributed by atoms with Gasteiger partial charge >= 0.3 is 0 Å². The van der Waals surface area contributed by atoms with Gasteiger partial charge in [0.1, 0.15) is 11.6 Å². The molecule has 0 amide bonds. The first-order valence-corrected chi connectivity index (χ1v) is 8.26. The normalized spacial score (nSPS) is 23.0. The summed E-state index contributed by atoms with van der Waals surface area (Å²) in [5.74, 6) is -0.861. The van der Waals surface area contributed by atoms with Gasteiger partial charge in [-0.3, -0.25) is 0 Å². The summed E-state index contributed by atoms with van der Waals surface area (Å²) < 4.78 is 27.5. The topological polar surface area (TPSA) is 12.0 Å². The second-order valence-corrected chi connectivity index (χ2v) is 7.10. The lowest BCUT2D eigenvalue weighted by atomic mass is 9.46. The van der Waals surface area contributed by atoms with Crippen molar-refractivity contribution in [2.75, 3.05) is 13.1 Å². The molecule has 0 saturated heterocycles. The third-order valence-corrected chi connectivity index (χ3v) is 5.56. The molecule has 0 heterocycles.